The van der Waals surface area contributed by atoms with Gasteiger partial charge in [0.05, 0.1) is 0 Å². The topological polar surface area (TPSA) is 41.6 Å². The van der Waals surface area contributed by atoms with Crippen LogP contribution in [-0.2, 0) is 17.8 Å². The fourth-order valence-electron chi connectivity index (χ4n) is 3.10. The van der Waals surface area contributed by atoms with Gasteiger partial charge in [-0.3, -0.25) is 4.90 Å². The van der Waals surface area contributed by atoms with Gasteiger partial charge in [-0.1, -0.05) is 18.2 Å². The van der Waals surface area contributed by atoms with Gasteiger partial charge in [0.2, 0.25) is 0 Å². The third kappa shape index (κ3) is 5.58. The van der Waals surface area contributed by atoms with E-state index >= 15 is 0 Å². The van der Waals surface area contributed by atoms with Crippen molar-refractivity contribution in [1.29, 1.82) is 0 Å². The molecule has 140 valence electrons. The number of rotatable bonds is 5. The first-order valence-corrected chi connectivity index (χ1v) is 10.1. The van der Waals surface area contributed by atoms with Gasteiger partial charge in [-0.15, -0.1) is 11.3 Å². The molecule has 4 nitrogen and oxygen atoms in total. The van der Waals surface area contributed by atoms with Crippen LogP contribution in [0.15, 0.2) is 36.4 Å². The molecule has 2 heterocycles. The Bertz CT molecular complexity index is 742. The van der Waals surface area contributed by atoms with Crippen molar-refractivity contribution in [2.45, 2.75) is 52.3 Å². The molecular weight excluding hydrogens is 344 g/mol. The zero-order valence-corrected chi connectivity index (χ0v) is 16.7. The maximum Gasteiger partial charge on any atom is 0.407 e. The molecule has 0 atom stereocenters. The molecule has 0 spiro atoms. The van der Waals surface area contributed by atoms with E-state index in [9.17, 15) is 4.79 Å². The van der Waals surface area contributed by atoms with Crippen LogP contribution in [0.2, 0.25) is 0 Å². The lowest BCUT2D eigenvalue weighted by Crippen LogP contribution is -2.32. The van der Waals surface area contributed by atoms with Crippen LogP contribution >= 0.6 is 11.3 Å². The second-order valence-electron chi connectivity index (χ2n) is 7.81. The normalized spacial score (nSPS) is 15.2. The van der Waals surface area contributed by atoms with E-state index in [0.29, 0.717) is 6.54 Å². The van der Waals surface area contributed by atoms with Crippen molar-refractivity contribution >= 4 is 17.4 Å². The maximum atomic E-state index is 11.8. The third-order valence-electron chi connectivity index (χ3n) is 4.29. The number of carbonyl (C=O) groups is 1. The molecule has 0 radical (unpaired) electrons. The average molecular weight is 373 g/mol. The summed E-state index contributed by atoms with van der Waals surface area (Å²) in [5.74, 6) is 0. The summed E-state index contributed by atoms with van der Waals surface area (Å²) < 4.78 is 5.29. The molecule has 1 saturated heterocycles. The molecule has 1 aliphatic heterocycles. The molecule has 1 fully saturated rings. The number of amides is 1. The lowest BCUT2D eigenvalue weighted by Gasteiger charge is -2.19. The molecule has 1 aromatic heterocycles. The summed E-state index contributed by atoms with van der Waals surface area (Å²) >= 11 is 1.86. The number of hydrogen-bond acceptors (Lipinski definition) is 4. The van der Waals surface area contributed by atoms with E-state index in [1.165, 1.54) is 41.2 Å². The highest BCUT2D eigenvalue weighted by atomic mass is 32.1. The van der Waals surface area contributed by atoms with E-state index in [0.717, 1.165) is 12.1 Å². The quantitative estimate of drug-likeness (QED) is 0.800. The number of nitrogens with zero attached hydrogens (tertiary/aromatic N) is 1. The minimum Gasteiger partial charge on any atom is -0.444 e. The highest BCUT2D eigenvalue weighted by Crippen LogP contribution is 2.30. The zero-order valence-electron chi connectivity index (χ0n) is 15.9. The van der Waals surface area contributed by atoms with E-state index in [1.54, 1.807) is 0 Å². The Hall–Kier alpha value is -1.85. The van der Waals surface area contributed by atoms with Crippen molar-refractivity contribution in [1.82, 2.24) is 10.2 Å². The molecule has 26 heavy (non-hydrogen) atoms. The summed E-state index contributed by atoms with van der Waals surface area (Å²) in [6.45, 7) is 9.56. The number of ether oxygens (including phenoxy) is 1. The Kier molecular flexibility index (Phi) is 5.99. The average Bonchev–Trinajstić information content (AvgIpc) is 3.24. The van der Waals surface area contributed by atoms with E-state index in [2.05, 4.69) is 34.5 Å². The van der Waals surface area contributed by atoms with Crippen molar-refractivity contribution in [3.8, 4) is 10.4 Å². The lowest BCUT2D eigenvalue weighted by atomic mass is 10.1. The Labute approximate surface area is 160 Å². The second-order valence-corrected chi connectivity index (χ2v) is 8.97. The van der Waals surface area contributed by atoms with Gasteiger partial charge in [0, 0.05) is 22.8 Å². The summed E-state index contributed by atoms with van der Waals surface area (Å²) in [6, 6.07) is 12.8. The van der Waals surface area contributed by atoms with Gasteiger partial charge in [-0.2, -0.15) is 0 Å². The first-order chi connectivity index (χ1) is 12.4. The molecule has 0 unspecified atom stereocenters. The molecule has 5 heteroatoms. The Morgan fingerprint density at radius 1 is 1.19 bits per heavy atom. The minimum absolute atomic E-state index is 0.382. The zero-order chi connectivity index (χ0) is 18.6. The number of likely N-dealkylation sites (tertiary alicyclic amines) is 1. The fourth-order valence-corrected chi connectivity index (χ4v) is 4.15. The third-order valence-corrected chi connectivity index (χ3v) is 5.41. The SMILES string of the molecule is CC(C)(C)OC(=O)NCc1cccc(-c2ccc(CN3CCCC3)s2)c1. The number of benzene rings is 1. The largest absolute Gasteiger partial charge is 0.444 e. The highest BCUT2D eigenvalue weighted by Gasteiger charge is 2.16. The van der Waals surface area contributed by atoms with Crippen LogP contribution in [0.5, 0.6) is 0 Å². The number of carbonyl (C=O) groups excluding carboxylic acids is 1. The van der Waals surface area contributed by atoms with Crippen LogP contribution in [0, 0.1) is 0 Å². The van der Waals surface area contributed by atoms with Crippen LogP contribution < -0.4 is 5.32 Å². The molecule has 0 bridgehead atoms. The second kappa shape index (κ2) is 8.23. The first kappa shape index (κ1) is 18.9. The summed E-state index contributed by atoms with van der Waals surface area (Å²) in [5.41, 5.74) is 1.79. The van der Waals surface area contributed by atoms with Crippen molar-refractivity contribution < 1.29 is 9.53 Å². The summed E-state index contributed by atoms with van der Waals surface area (Å²) in [5, 5.41) is 2.82. The van der Waals surface area contributed by atoms with Crippen LogP contribution in [-0.4, -0.2) is 29.7 Å². The van der Waals surface area contributed by atoms with Gasteiger partial charge in [0.1, 0.15) is 5.60 Å². The van der Waals surface area contributed by atoms with Crippen LogP contribution in [0.1, 0.15) is 44.1 Å². The standard InChI is InChI=1S/C21H28N2O2S/c1-21(2,3)25-20(24)22-14-16-7-6-8-17(13-16)19-10-9-18(26-19)15-23-11-4-5-12-23/h6-10,13H,4-5,11-12,14-15H2,1-3H3,(H,22,24). The fraction of sp³-hybridized carbons (Fsp3) is 0.476. The Balaban J connectivity index is 1.60. The summed E-state index contributed by atoms with van der Waals surface area (Å²) in [4.78, 5) is 17.0. The van der Waals surface area contributed by atoms with E-state index in [4.69, 9.17) is 4.74 Å². The molecule has 0 saturated carbocycles. The lowest BCUT2D eigenvalue weighted by molar-refractivity contribution is 0.0523. The van der Waals surface area contributed by atoms with Crippen molar-refractivity contribution in [2.75, 3.05) is 13.1 Å². The summed E-state index contributed by atoms with van der Waals surface area (Å²) in [6.07, 6.45) is 2.27. The molecule has 1 N–H and O–H groups in total. The highest BCUT2D eigenvalue weighted by molar-refractivity contribution is 7.15. The predicted molar refractivity (Wildman–Crippen MR) is 107 cm³/mol. The molecule has 1 aromatic carbocycles. The van der Waals surface area contributed by atoms with Crippen LogP contribution in [0.3, 0.4) is 0 Å². The maximum absolute atomic E-state index is 11.8. The number of hydrogen-bond donors (Lipinski definition) is 1. The van der Waals surface area contributed by atoms with Crippen molar-refractivity contribution in [2.24, 2.45) is 0 Å². The minimum atomic E-state index is -0.478. The Morgan fingerprint density at radius 2 is 1.96 bits per heavy atom. The van der Waals surface area contributed by atoms with E-state index in [-0.39, 0.29) is 6.09 Å². The van der Waals surface area contributed by atoms with Crippen LogP contribution in [0.25, 0.3) is 10.4 Å². The smallest absolute Gasteiger partial charge is 0.407 e. The van der Waals surface area contributed by atoms with E-state index in [1.807, 2.05) is 44.2 Å². The predicted octanol–water partition coefficient (Wildman–Crippen LogP) is 5.04. The van der Waals surface area contributed by atoms with Gasteiger partial charge < -0.3 is 10.1 Å². The van der Waals surface area contributed by atoms with Gasteiger partial charge in [0.25, 0.3) is 0 Å². The molecule has 2 aromatic rings. The number of alkyl carbamates (subject to hydrolysis) is 1. The Morgan fingerprint density at radius 3 is 2.69 bits per heavy atom. The summed E-state index contributed by atoms with van der Waals surface area (Å²) in [7, 11) is 0. The first-order valence-electron chi connectivity index (χ1n) is 9.26. The van der Waals surface area contributed by atoms with Crippen LogP contribution in [0.4, 0.5) is 4.79 Å². The molecule has 1 amide bonds. The van der Waals surface area contributed by atoms with Gasteiger partial charge in [-0.25, -0.2) is 4.79 Å². The van der Waals surface area contributed by atoms with Gasteiger partial charge >= 0.3 is 6.09 Å². The monoisotopic (exact) mass is 372 g/mol. The van der Waals surface area contributed by atoms with Crippen molar-refractivity contribution in [3.63, 3.8) is 0 Å². The molecule has 1 aliphatic rings. The molecular formula is C21H28N2O2S. The number of nitrogens with one attached hydrogen (secondary N) is 1. The van der Waals surface area contributed by atoms with Gasteiger partial charge in [0.15, 0.2) is 0 Å². The van der Waals surface area contributed by atoms with E-state index < -0.39 is 5.60 Å². The van der Waals surface area contributed by atoms with Crippen molar-refractivity contribution in [3.05, 3.63) is 46.8 Å². The molecule has 0 aliphatic carbocycles. The molecule has 3 rings (SSSR count). The number of thiophene rings is 1. The van der Waals surface area contributed by atoms with Gasteiger partial charge in [-0.05, 0) is 76.0 Å².